The maximum atomic E-state index is 12.5. The van der Waals surface area contributed by atoms with Crippen LogP contribution >= 0.6 is 0 Å². The van der Waals surface area contributed by atoms with Crippen molar-refractivity contribution in [2.45, 2.75) is 32.9 Å². The molecule has 0 bridgehead atoms. The van der Waals surface area contributed by atoms with Crippen LogP contribution in [0.5, 0.6) is 0 Å². The van der Waals surface area contributed by atoms with Crippen molar-refractivity contribution in [1.29, 1.82) is 0 Å². The van der Waals surface area contributed by atoms with Crippen LogP contribution in [0.2, 0.25) is 0 Å². The fourth-order valence-electron chi connectivity index (χ4n) is 2.45. The van der Waals surface area contributed by atoms with Gasteiger partial charge in [-0.2, -0.15) is 0 Å². The van der Waals surface area contributed by atoms with E-state index in [0.29, 0.717) is 6.54 Å². The van der Waals surface area contributed by atoms with Crippen LogP contribution in [0.3, 0.4) is 0 Å². The number of esters is 1. The minimum Gasteiger partial charge on any atom is -0.467 e. The van der Waals surface area contributed by atoms with E-state index in [1.807, 2.05) is 20.8 Å². The molecule has 1 heterocycles. The molecule has 0 aliphatic carbocycles. The molecule has 0 spiro atoms. The highest BCUT2D eigenvalue weighted by atomic mass is 16.5. The monoisotopic (exact) mass is 271 g/mol. The topological polar surface area (TPSA) is 61.9 Å². The second-order valence-corrected chi connectivity index (χ2v) is 5.35. The number of carbonyl (C=O) groups excluding carboxylic acids is 2. The lowest BCUT2D eigenvalue weighted by molar-refractivity contribution is -0.147. The Bertz CT molecular complexity index is 333. The maximum absolute atomic E-state index is 12.5. The van der Waals surface area contributed by atoms with Gasteiger partial charge in [-0.05, 0) is 12.8 Å². The number of likely N-dealkylation sites (N-methyl/N-ethyl adjacent to an activating group) is 1. The first kappa shape index (κ1) is 15.8. The van der Waals surface area contributed by atoms with Crippen molar-refractivity contribution in [3.8, 4) is 0 Å². The molecule has 0 radical (unpaired) electrons. The third-order valence-corrected chi connectivity index (χ3v) is 3.54. The van der Waals surface area contributed by atoms with Gasteiger partial charge in [0.05, 0.1) is 7.11 Å². The van der Waals surface area contributed by atoms with Crippen molar-refractivity contribution in [3.05, 3.63) is 0 Å². The van der Waals surface area contributed by atoms with Crippen molar-refractivity contribution in [1.82, 2.24) is 15.1 Å². The molecule has 1 rings (SSSR count). The molecular weight excluding hydrogens is 246 g/mol. The molecule has 2 atom stereocenters. The number of rotatable bonds is 3. The second-order valence-electron chi connectivity index (χ2n) is 5.35. The van der Waals surface area contributed by atoms with E-state index in [1.54, 1.807) is 11.9 Å². The number of amides is 2. The van der Waals surface area contributed by atoms with Gasteiger partial charge in [-0.25, -0.2) is 9.59 Å². The summed E-state index contributed by atoms with van der Waals surface area (Å²) in [5.74, 6) is -0.353. The normalized spacial score (nSPS) is 21.2. The summed E-state index contributed by atoms with van der Waals surface area (Å²) in [4.78, 5) is 27.6. The van der Waals surface area contributed by atoms with E-state index in [9.17, 15) is 9.59 Å². The summed E-state index contributed by atoms with van der Waals surface area (Å²) in [5, 5.41) is 3.24. The van der Waals surface area contributed by atoms with Crippen molar-refractivity contribution in [2.75, 3.05) is 33.8 Å². The van der Waals surface area contributed by atoms with Crippen LogP contribution in [0, 0.1) is 5.92 Å². The third-order valence-electron chi connectivity index (χ3n) is 3.54. The Kier molecular flexibility index (Phi) is 5.60. The minimum atomic E-state index is -0.542. The number of hydrogen-bond acceptors (Lipinski definition) is 4. The highest BCUT2D eigenvalue weighted by Gasteiger charge is 2.34. The van der Waals surface area contributed by atoms with Gasteiger partial charge in [0, 0.05) is 32.7 Å². The average Bonchev–Trinajstić information content (AvgIpc) is 2.37. The highest BCUT2D eigenvalue weighted by Crippen LogP contribution is 2.15. The Labute approximate surface area is 115 Å². The number of urea groups is 1. The lowest BCUT2D eigenvalue weighted by Crippen LogP contribution is -2.58. The van der Waals surface area contributed by atoms with E-state index < -0.39 is 6.04 Å². The highest BCUT2D eigenvalue weighted by molar-refractivity contribution is 5.84. The van der Waals surface area contributed by atoms with Crippen LogP contribution in [0.1, 0.15) is 20.8 Å². The van der Waals surface area contributed by atoms with Crippen LogP contribution in [-0.4, -0.2) is 67.7 Å². The second kappa shape index (κ2) is 6.75. The molecule has 0 unspecified atom stereocenters. The Balaban J connectivity index is 2.80. The lowest BCUT2D eigenvalue weighted by Gasteiger charge is -2.39. The van der Waals surface area contributed by atoms with Crippen LogP contribution in [0.15, 0.2) is 0 Å². The molecule has 0 saturated carbocycles. The molecule has 0 aromatic carbocycles. The number of ether oxygens (including phenoxy) is 1. The lowest BCUT2D eigenvalue weighted by atomic mass is 10.0. The van der Waals surface area contributed by atoms with E-state index in [4.69, 9.17) is 4.74 Å². The number of piperazine rings is 1. The molecule has 110 valence electrons. The molecule has 0 aromatic rings. The van der Waals surface area contributed by atoms with Crippen LogP contribution < -0.4 is 5.32 Å². The quantitative estimate of drug-likeness (QED) is 0.761. The number of hydrogen-bond donors (Lipinski definition) is 1. The van der Waals surface area contributed by atoms with E-state index in [2.05, 4.69) is 5.32 Å². The Morgan fingerprint density at radius 2 is 2.05 bits per heavy atom. The molecule has 6 nitrogen and oxygen atoms in total. The van der Waals surface area contributed by atoms with E-state index in [-0.39, 0.29) is 24.0 Å². The molecule has 1 aliphatic rings. The largest absolute Gasteiger partial charge is 0.467 e. The van der Waals surface area contributed by atoms with Gasteiger partial charge in [0.15, 0.2) is 0 Å². The zero-order valence-electron chi connectivity index (χ0n) is 12.5. The van der Waals surface area contributed by atoms with Crippen molar-refractivity contribution in [3.63, 3.8) is 0 Å². The van der Waals surface area contributed by atoms with Gasteiger partial charge in [-0.15, -0.1) is 0 Å². The van der Waals surface area contributed by atoms with Crippen molar-refractivity contribution in [2.24, 2.45) is 5.92 Å². The van der Waals surface area contributed by atoms with Gasteiger partial charge in [0.25, 0.3) is 0 Å². The Morgan fingerprint density at radius 1 is 1.42 bits per heavy atom. The molecular formula is C13H25N3O3. The smallest absolute Gasteiger partial charge is 0.328 e. The Morgan fingerprint density at radius 3 is 2.53 bits per heavy atom. The summed E-state index contributed by atoms with van der Waals surface area (Å²) >= 11 is 0. The number of methoxy groups -OCH3 is 1. The zero-order chi connectivity index (χ0) is 14.6. The van der Waals surface area contributed by atoms with Gasteiger partial charge in [-0.3, -0.25) is 0 Å². The molecule has 19 heavy (non-hydrogen) atoms. The zero-order valence-corrected chi connectivity index (χ0v) is 12.5. The molecule has 1 saturated heterocycles. The third kappa shape index (κ3) is 3.59. The van der Waals surface area contributed by atoms with Crippen molar-refractivity contribution >= 4 is 12.0 Å². The predicted molar refractivity (Wildman–Crippen MR) is 72.8 cm³/mol. The van der Waals surface area contributed by atoms with E-state index in [0.717, 1.165) is 13.1 Å². The first-order valence-corrected chi connectivity index (χ1v) is 6.72. The fourth-order valence-corrected chi connectivity index (χ4v) is 2.45. The average molecular weight is 271 g/mol. The van der Waals surface area contributed by atoms with Gasteiger partial charge in [0.2, 0.25) is 0 Å². The molecule has 1 fully saturated rings. The summed E-state index contributed by atoms with van der Waals surface area (Å²) in [7, 11) is 3.02. The van der Waals surface area contributed by atoms with E-state index >= 15 is 0 Å². The molecule has 1 aliphatic heterocycles. The SMILES string of the molecule is COC(=O)[C@H](C(C)C)N(C)C(=O)N1CCNC[C@H]1C. The Hall–Kier alpha value is -1.30. The molecule has 0 aromatic heterocycles. The molecule has 2 amide bonds. The van der Waals surface area contributed by atoms with Crippen molar-refractivity contribution < 1.29 is 14.3 Å². The summed E-state index contributed by atoms with van der Waals surface area (Å²) in [5.41, 5.74) is 0. The fraction of sp³-hybridized carbons (Fsp3) is 0.846. The maximum Gasteiger partial charge on any atom is 0.328 e. The van der Waals surface area contributed by atoms with E-state index in [1.165, 1.54) is 12.0 Å². The first-order valence-electron chi connectivity index (χ1n) is 6.72. The number of nitrogens with one attached hydrogen (secondary N) is 1. The summed E-state index contributed by atoms with van der Waals surface area (Å²) in [6.07, 6.45) is 0. The summed E-state index contributed by atoms with van der Waals surface area (Å²) in [6.45, 7) is 8.05. The number of carbonyl (C=O) groups is 2. The molecule has 6 heteroatoms. The van der Waals surface area contributed by atoms with Gasteiger partial charge in [-0.1, -0.05) is 13.8 Å². The van der Waals surface area contributed by atoms with Gasteiger partial charge in [0.1, 0.15) is 6.04 Å². The standard InChI is InChI=1S/C13H25N3O3/c1-9(2)11(12(17)19-5)15(4)13(18)16-7-6-14-8-10(16)3/h9-11,14H,6-8H2,1-5H3/t10-,11+/m1/s1. The number of nitrogens with zero attached hydrogens (tertiary/aromatic N) is 2. The van der Waals surface area contributed by atoms with Crippen LogP contribution in [0.25, 0.3) is 0 Å². The predicted octanol–water partition coefficient (Wildman–Crippen LogP) is 0.530. The molecule has 1 N–H and O–H groups in total. The minimum absolute atomic E-state index is 0.0135. The first-order chi connectivity index (χ1) is 8.90. The summed E-state index contributed by atoms with van der Waals surface area (Å²) < 4.78 is 4.80. The van der Waals surface area contributed by atoms with Crippen LogP contribution in [0.4, 0.5) is 4.79 Å². The summed E-state index contributed by atoms with van der Waals surface area (Å²) in [6, 6.07) is -0.521. The van der Waals surface area contributed by atoms with Gasteiger partial charge >= 0.3 is 12.0 Å². The van der Waals surface area contributed by atoms with Crippen LogP contribution in [-0.2, 0) is 9.53 Å². The van der Waals surface area contributed by atoms with Gasteiger partial charge < -0.3 is 19.9 Å².